The highest BCUT2D eigenvalue weighted by molar-refractivity contribution is 6.27. The van der Waals surface area contributed by atoms with Gasteiger partial charge in [-0.1, -0.05) is 184 Å². The van der Waals surface area contributed by atoms with Gasteiger partial charge in [-0.3, -0.25) is 0 Å². The molecule has 0 aliphatic heterocycles. The molecule has 11 aromatic rings. The van der Waals surface area contributed by atoms with Gasteiger partial charge in [0.25, 0.3) is 0 Å². The number of fused-ring (bicyclic) bond motifs is 12. The number of hydrogen-bond acceptors (Lipinski definition) is 1. The van der Waals surface area contributed by atoms with Crippen molar-refractivity contribution in [2.75, 3.05) is 0 Å². The molecule has 0 radical (unpaired) electrons. The minimum Gasteiger partial charge on any atom is -0.456 e. The van der Waals surface area contributed by atoms with Gasteiger partial charge >= 0.3 is 0 Å². The fourth-order valence-corrected chi connectivity index (χ4v) is 10.1. The summed E-state index contributed by atoms with van der Waals surface area (Å²) in [6.45, 7) is 4.69. The van der Waals surface area contributed by atoms with E-state index < -0.39 is 0 Å². The largest absolute Gasteiger partial charge is 0.456 e. The van der Waals surface area contributed by atoms with E-state index in [4.69, 9.17) is 4.42 Å². The van der Waals surface area contributed by atoms with Crippen molar-refractivity contribution in [3.05, 3.63) is 193 Å². The average Bonchev–Trinajstić information content (AvgIpc) is 3.74. The Morgan fingerprint density at radius 1 is 0.339 bits per heavy atom. The summed E-state index contributed by atoms with van der Waals surface area (Å²) in [5, 5.41) is 12.4. The van der Waals surface area contributed by atoms with Crippen LogP contribution in [0.2, 0.25) is 0 Å². The third-order valence-electron chi connectivity index (χ3n) is 12.7. The van der Waals surface area contributed by atoms with Crippen LogP contribution in [0.25, 0.3) is 110 Å². The molecule has 1 heteroatoms. The highest BCUT2D eigenvalue weighted by atomic mass is 16.3. The smallest absolute Gasteiger partial charge is 0.136 e. The van der Waals surface area contributed by atoms with Crippen LogP contribution in [-0.2, 0) is 5.41 Å². The van der Waals surface area contributed by atoms with Crippen molar-refractivity contribution in [1.29, 1.82) is 0 Å². The summed E-state index contributed by atoms with van der Waals surface area (Å²) in [5.74, 6) is 0. The van der Waals surface area contributed by atoms with Crippen LogP contribution in [-0.4, -0.2) is 0 Å². The van der Waals surface area contributed by atoms with Crippen molar-refractivity contribution in [2.24, 2.45) is 0 Å². The molecule has 0 atom stereocenters. The van der Waals surface area contributed by atoms with Crippen molar-refractivity contribution in [3.63, 3.8) is 0 Å². The summed E-state index contributed by atoms with van der Waals surface area (Å²) in [5.41, 5.74) is 14.5. The Morgan fingerprint density at radius 2 is 0.893 bits per heavy atom. The fourth-order valence-electron chi connectivity index (χ4n) is 10.1. The van der Waals surface area contributed by atoms with Crippen molar-refractivity contribution in [3.8, 4) is 44.5 Å². The topological polar surface area (TPSA) is 13.1 Å². The second kappa shape index (κ2) is 11.5. The first kappa shape index (κ1) is 31.4. The number of furan rings is 1. The van der Waals surface area contributed by atoms with E-state index in [1.807, 2.05) is 0 Å². The number of benzene rings is 10. The van der Waals surface area contributed by atoms with Crippen LogP contribution in [0.4, 0.5) is 0 Å². The molecule has 0 amide bonds. The average molecular weight is 713 g/mol. The molecule has 12 rings (SSSR count). The Labute approximate surface area is 325 Å². The number of hydrogen-bond donors (Lipinski definition) is 0. The molecule has 0 spiro atoms. The highest BCUT2D eigenvalue weighted by Crippen LogP contribution is 2.54. The van der Waals surface area contributed by atoms with Gasteiger partial charge in [0.15, 0.2) is 0 Å². The monoisotopic (exact) mass is 712 g/mol. The zero-order chi connectivity index (χ0) is 37.1. The van der Waals surface area contributed by atoms with Crippen molar-refractivity contribution < 1.29 is 4.42 Å². The fraction of sp³-hybridized carbons (Fsp3) is 0.0545. The first-order chi connectivity index (χ1) is 27.6. The van der Waals surface area contributed by atoms with E-state index in [1.54, 1.807) is 0 Å². The van der Waals surface area contributed by atoms with Crippen LogP contribution in [0.1, 0.15) is 25.0 Å². The van der Waals surface area contributed by atoms with Gasteiger partial charge < -0.3 is 4.42 Å². The van der Waals surface area contributed by atoms with E-state index in [0.717, 1.165) is 11.2 Å². The second-order valence-corrected chi connectivity index (χ2v) is 15.9. The maximum Gasteiger partial charge on any atom is 0.136 e. The van der Waals surface area contributed by atoms with Gasteiger partial charge in [-0.05, 0) is 111 Å². The zero-order valence-corrected chi connectivity index (χ0v) is 31.2. The molecule has 0 saturated heterocycles. The summed E-state index contributed by atoms with van der Waals surface area (Å²) >= 11 is 0. The van der Waals surface area contributed by atoms with Gasteiger partial charge in [-0.15, -0.1) is 0 Å². The van der Waals surface area contributed by atoms with Crippen LogP contribution in [0.3, 0.4) is 0 Å². The molecule has 1 nitrogen and oxygen atoms in total. The molecule has 10 aromatic carbocycles. The molecule has 1 aliphatic carbocycles. The lowest BCUT2D eigenvalue weighted by atomic mass is 9.82. The Bertz CT molecular complexity index is 3370. The van der Waals surface area contributed by atoms with Gasteiger partial charge in [0.1, 0.15) is 11.2 Å². The Hall–Kier alpha value is -6.96. The van der Waals surface area contributed by atoms with Gasteiger partial charge in [-0.25, -0.2) is 0 Å². The molecule has 0 fully saturated rings. The van der Waals surface area contributed by atoms with Crippen molar-refractivity contribution in [1.82, 2.24) is 0 Å². The second-order valence-electron chi connectivity index (χ2n) is 15.9. The van der Waals surface area contributed by atoms with E-state index >= 15 is 0 Å². The maximum absolute atomic E-state index is 6.80. The van der Waals surface area contributed by atoms with Crippen molar-refractivity contribution >= 4 is 65.0 Å². The molecule has 0 unspecified atom stereocenters. The normalized spacial score (nSPS) is 13.3. The first-order valence-corrected chi connectivity index (χ1v) is 19.6. The summed E-state index contributed by atoms with van der Waals surface area (Å²) in [6, 6.07) is 67.0. The lowest BCUT2D eigenvalue weighted by Gasteiger charge is -2.21. The van der Waals surface area contributed by atoms with Crippen molar-refractivity contribution in [2.45, 2.75) is 19.3 Å². The third-order valence-corrected chi connectivity index (χ3v) is 12.7. The molecule has 0 saturated carbocycles. The molecule has 56 heavy (non-hydrogen) atoms. The molecule has 0 N–H and O–H groups in total. The molecule has 262 valence electrons. The molecular formula is C55H36O. The molecule has 1 aliphatic rings. The summed E-state index contributed by atoms with van der Waals surface area (Å²) < 4.78 is 6.80. The highest BCUT2D eigenvalue weighted by Gasteiger charge is 2.37. The minimum absolute atomic E-state index is 0.0753. The predicted molar refractivity (Wildman–Crippen MR) is 238 cm³/mol. The van der Waals surface area contributed by atoms with E-state index in [0.29, 0.717) is 0 Å². The van der Waals surface area contributed by atoms with Gasteiger partial charge in [0.2, 0.25) is 0 Å². The summed E-state index contributed by atoms with van der Waals surface area (Å²) in [4.78, 5) is 0. The minimum atomic E-state index is -0.0753. The Morgan fingerprint density at radius 3 is 1.62 bits per heavy atom. The first-order valence-electron chi connectivity index (χ1n) is 19.6. The van der Waals surface area contributed by atoms with E-state index in [2.05, 4.69) is 196 Å². The SMILES string of the molecule is CC1(C)c2ccccc2-c2c1ccc1oc3cc(-c4ccc(-c5c6ccccc6c(-c6cccc7ccccc67)c6ccccc56)cc4)c4ccccc4c3c21. The van der Waals surface area contributed by atoms with E-state index in [-0.39, 0.29) is 5.41 Å². The van der Waals surface area contributed by atoms with E-state index in [9.17, 15) is 0 Å². The standard InChI is InChI=1S/C55H36O/c1-55(2)46-25-12-11-23-44(46)52-47(55)30-31-48-54(52)53-39-18-6-5-17-37(39)45(32-49(53)56-48)34-26-28-35(29-27-34)50-40-19-7-9-21-42(40)51(43-22-10-8-20-41(43)50)38-24-13-15-33-14-3-4-16-36(33)38/h3-32H,1-2H3. The molecule has 0 bridgehead atoms. The molecular weight excluding hydrogens is 677 g/mol. The van der Waals surface area contributed by atoms with Gasteiger partial charge in [0, 0.05) is 16.2 Å². The Balaban J connectivity index is 1.06. The van der Waals surface area contributed by atoms with Crippen LogP contribution in [0.5, 0.6) is 0 Å². The maximum atomic E-state index is 6.80. The number of rotatable bonds is 3. The van der Waals surface area contributed by atoms with Crippen LogP contribution in [0.15, 0.2) is 186 Å². The molecule has 1 heterocycles. The quantitative estimate of drug-likeness (QED) is 0.166. The van der Waals surface area contributed by atoms with Crippen LogP contribution < -0.4 is 0 Å². The lowest BCUT2D eigenvalue weighted by Crippen LogP contribution is -2.14. The Kier molecular flexibility index (Phi) is 6.46. The molecule has 1 aromatic heterocycles. The predicted octanol–water partition coefficient (Wildman–Crippen LogP) is 15.5. The van der Waals surface area contributed by atoms with E-state index in [1.165, 1.54) is 109 Å². The van der Waals surface area contributed by atoms with Crippen LogP contribution in [0, 0.1) is 0 Å². The lowest BCUT2D eigenvalue weighted by molar-refractivity contribution is 0.656. The summed E-state index contributed by atoms with van der Waals surface area (Å²) in [6.07, 6.45) is 0. The third kappa shape index (κ3) is 4.26. The van der Waals surface area contributed by atoms with Crippen LogP contribution >= 0.6 is 0 Å². The zero-order valence-electron chi connectivity index (χ0n) is 31.2. The van der Waals surface area contributed by atoms with Gasteiger partial charge in [-0.2, -0.15) is 0 Å². The summed E-state index contributed by atoms with van der Waals surface area (Å²) in [7, 11) is 0. The van der Waals surface area contributed by atoms with Gasteiger partial charge in [0.05, 0.1) is 0 Å².